The van der Waals surface area contributed by atoms with Gasteiger partial charge in [-0.2, -0.15) is 13.2 Å². The Morgan fingerprint density at radius 2 is 1.73 bits per heavy atom. The molecule has 0 radical (unpaired) electrons. The van der Waals surface area contributed by atoms with Crippen LogP contribution in [0.1, 0.15) is 106 Å². The van der Waals surface area contributed by atoms with Gasteiger partial charge in [0.15, 0.2) is 11.6 Å². The molecule has 4 heterocycles. The summed E-state index contributed by atoms with van der Waals surface area (Å²) in [6.45, 7) is 7.50. The summed E-state index contributed by atoms with van der Waals surface area (Å²) in [5.74, 6) is -1.30. The Labute approximate surface area is 240 Å². The minimum atomic E-state index is -4.77. The van der Waals surface area contributed by atoms with Crippen LogP contribution in [0.4, 0.5) is 18.0 Å². The van der Waals surface area contributed by atoms with Crippen LogP contribution in [0.25, 0.3) is 0 Å². The molecule has 1 atom stereocenters. The predicted molar refractivity (Wildman–Crippen MR) is 146 cm³/mol. The lowest BCUT2D eigenvalue weighted by Crippen LogP contribution is -2.61. The molecule has 4 aliphatic rings. The van der Waals surface area contributed by atoms with Crippen molar-refractivity contribution >= 4 is 12.0 Å². The van der Waals surface area contributed by atoms with Gasteiger partial charge in [0.1, 0.15) is 5.60 Å². The summed E-state index contributed by atoms with van der Waals surface area (Å²) in [6.07, 6.45) is 7.59. The Morgan fingerprint density at radius 3 is 2.37 bits per heavy atom. The summed E-state index contributed by atoms with van der Waals surface area (Å²) in [6, 6.07) is 0.244. The molecule has 0 N–H and O–H groups in total. The number of aryl methyl sites for hydroxylation is 1. The fraction of sp³-hybridized carbons (Fsp3) is 0.833. The van der Waals surface area contributed by atoms with Gasteiger partial charge in [0, 0.05) is 71.0 Å². The number of halogens is 3. The topological polar surface area (TPSA) is 79.1 Å². The van der Waals surface area contributed by atoms with Crippen LogP contribution >= 0.6 is 0 Å². The maximum atomic E-state index is 13.3. The lowest BCUT2D eigenvalue weighted by atomic mass is 9.75. The van der Waals surface area contributed by atoms with E-state index in [0.29, 0.717) is 37.8 Å². The minimum absolute atomic E-state index is 0.148. The first kappa shape index (κ1) is 30.2. The Kier molecular flexibility index (Phi) is 9.21. The Bertz CT molecular complexity index is 1050. The molecule has 1 saturated carbocycles. The third-order valence-electron chi connectivity index (χ3n) is 9.95. The maximum Gasteiger partial charge on any atom is 0.452 e. The van der Waals surface area contributed by atoms with Gasteiger partial charge in [0.05, 0.1) is 0 Å². The zero-order valence-electron chi connectivity index (χ0n) is 24.5. The quantitative estimate of drug-likeness (QED) is 0.377. The molecule has 3 saturated heterocycles. The number of ether oxygens (including phenoxy) is 1. The van der Waals surface area contributed by atoms with Gasteiger partial charge < -0.3 is 19.0 Å². The Hall–Kier alpha value is -2.30. The second-order valence-corrected chi connectivity index (χ2v) is 12.6. The number of piperidine rings is 2. The number of aromatic nitrogens is 1. The van der Waals surface area contributed by atoms with Crippen molar-refractivity contribution < 1.29 is 31.9 Å². The van der Waals surface area contributed by atoms with Crippen molar-refractivity contribution in [2.45, 2.75) is 109 Å². The molecule has 1 unspecified atom stereocenters. The van der Waals surface area contributed by atoms with E-state index in [1.54, 1.807) is 0 Å². The van der Waals surface area contributed by atoms with Gasteiger partial charge in [-0.3, -0.25) is 9.69 Å². The second-order valence-electron chi connectivity index (χ2n) is 12.6. The fourth-order valence-corrected chi connectivity index (χ4v) is 7.59. The van der Waals surface area contributed by atoms with Crippen LogP contribution in [0.2, 0.25) is 0 Å². The van der Waals surface area contributed by atoms with E-state index in [9.17, 15) is 22.8 Å². The summed E-state index contributed by atoms with van der Waals surface area (Å²) >= 11 is 0. The molecule has 1 spiro atoms. The van der Waals surface area contributed by atoms with E-state index in [1.165, 1.54) is 43.9 Å². The van der Waals surface area contributed by atoms with Crippen LogP contribution in [-0.2, 0) is 10.9 Å². The number of hydrogen-bond acceptors (Lipinski definition) is 6. The molecule has 2 amide bonds. The van der Waals surface area contributed by atoms with Gasteiger partial charge in [-0.25, -0.2) is 9.78 Å². The Morgan fingerprint density at radius 1 is 1.05 bits per heavy atom. The summed E-state index contributed by atoms with van der Waals surface area (Å²) < 4.78 is 51.1. The van der Waals surface area contributed by atoms with E-state index in [-0.39, 0.29) is 18.0 Å². The SMILES string of the molecule is CCCCC1CN(CC2CCCCC2)C(=O)OC12CCN(C1CCN(C(=O)c3nc(C)oc3C(F)(F)F)CC1)CC2. The molecule has 11 heteroatoms. The number of nitrogens with zero attached hydrogens (tertiary/aromatic N) is 4. The van der Waals surface area contributed by atoms with E-state index in [1.807, 2.05) is 4.90 Å². The van der Waals surface area contributed by atoms with Crippen LogP contribution in [-0.4, -0.2) is 82.6 Å². The number of carbonyl (C=O) groups excluding carboxylic acids is 2. The van der Waals surface area contributed by atoms with Gasteiger partial charge in [-0.1, -0.05) is 39.0 Å². The number of unbranched alkanes of at least 4 members (excludes halogenated alkanes) is 1. The zero-order valence-corrected chi connectivity index (χ0v) is 24.5. The minimum Gasteiger partial charge on any atom is -0.442 e. The van der Waals surface area contributed by atoms with Gasteiger partial charge >= 0.3 is 12.3 Å². The van der Waals surface area contributed by atoms with E-state index in [0.717, 1.165) is 58.3 Å². The number of alkyl halides is 3. The lowest BCUT2D eigenvalue weighted by molar-refractivity contribution is -0.153. The molecule has 1 aromatic heterocycles. The number of likely N-dealkylation sites (tertiary alicyclic amines) is 2. The fourth-order valence-electron chi connectivity index (χ4n) is 7.59. The second kappa shape index (κ2) is 12.5. The van der Waals surface area contributed by atoms with E-state index in [2.05, 4.69) is 16.8 Å². The molecule has 0 aromatic carbocycles. The van der Waals surface area contributed by atoms with Crippen LogP contribution in [0.3, 0.4) is 0 Å². The molecule has 5 rings (SSSR count). The van der Waals surface area contributed by atoms with Gasteiger partial charge in [-0.05, 0) is 38.0 Å². The molecule has 1 aliphatic carbocycles. The molecule has 4 fully saturated rings. The number of amides is 2. The van der Waals surface area contributed by atoms with Crippen molar-refractivity contribution in [1.82, 2.24) is 19.7 Å². The predicted octanol–water partition coefficient (Wildman–Crippen LogP) is 6.28. The Balaban J connectivity index is 1.16. The van der Waals surface area contributed by atoms with E-state index >= 15 is 0 Å². The van der Waals surface area contributed by atoms with Crippen LogP contribution in [0, 0.1) is 18.8 Å². The van der Waals surface area contributed by atoms with Crippen molar-refractivity contribution in [3.05, 3.63) is 17.3 Å². The van der Waals surface area contributed by atoms with Gasteiger partial charge in [-0.15, -0.1) is 0 Å². The lowest BCUT2D eigenvalue weighted by Gasteiger charge is -2.52. The normalized spacial score (nSPS) is 25.1. The van der Waals surface area contributed by atoms with Crippen LogP contribution < -0.4 is 0 Å². The molecule has 1 aromatic rings. The molecular formula is C30H45F3N4O4. The van der Waals surface area contributed by atoms with Gasteiger partial charge in [0.25, 0.3) is 5.91 Å². The third-order valence-corrected chi connectivity index (χ3v) is 9.95. The third kappa shape index (κ3) is 6.70. The molecule has 3 aliphatic heterocycles. The van der Waals surface area contributed by atoms with Gasteiger partial charge in [0.2, 0.25) is 5.76 Å². The van der Waals surface area contributed by atoms with E-state index < -0.39 is 29.1 Å². The number of rotatable bonds is 7. The molecule has 230 valence electrons. The highest BCUT2D eigenvalue weighted by atomic mass is 19.4. The average molecular weight is 583 g/mol. The van der Waals surface area contributed by atoms with Crippen molar-refractivity contribution in [1.29, 1.82) is 0 Å². The highest BCUT2D eigenvalue weighted by molar-refractivity contribution is 5.93. The standard InChI is InChI=1S/C30H45F3N4O4/c1-3-4-10-23-20-37(19-22-8-6-5-7-9-22)28(39)41-29(23)13-17-35(18-14-29)24-11-15-36(16-12-24)27(38)25-26(30(31,32)33)40-21(2)34-25/h22-24H,3-20H2,1-2H3. The molecular weight excluding hydrogens is 537 g/mol. The highest BCUT2D eigenvalue weighted by Gasteiger charge is 2.50. The molecule has 0 bridgehead atoms. The summed E-state index contributed by atoms with van der Waals surface area (Å²) in [5, 5.41) is 0. The summed E-state index contributed by atoms with van der Waals surface area (Å²) in [5.41, 5.74) is -1.07. The van der Waals surface area contributed by atoms with Crippen molar-refractivity contribution in [3.63, 3.8) is 0 Å². The summed E-state index contributed by atoms with van der Waals surface area (Å²) in [7, 11) is 0. The molecule has 8 nitrogen and oxygen atoms in total. The zero-order chi connectivity index (χ0) is 29.2. The number of oxazole rings is 1. The van der Waals surface area contributed by atoms with Crippen LogP contribution in [0.5, 0.6) is 0 Å². The first-order valence-electron chi connectivity index (χ1n) is 15.7. The molecule has 41 heavy (non-hydrogen) atoms. The largest absolute Gasteiger partial charge is 0.452 e. The number of carbonyl (C=O) groups is 2. The van der Waals surface area contributed by atoms with Crippen molar-refractivity contribution in [3.8, 4) is 0 Å². The van der Waals surface area contributed by atoms with Crippen molar-refractivity contribution in [2.75, 3.05) is 39.3 Å². The van der Waals surface area contributed by atoms with Crippen LogP contribution in [0.15, 0.2) is 4.42 Å². The maximum absolute atomic E-state index is 13.3. The first-order chi connectivity index (χ1) is 19.6. The number of hydrogen-bond donors (Lipinski definition) is 0. The highest BCUT2D eigenvalue weighted by Crippen LogP contribution is 2.42. The monoisotopic (exact) mass is 582 g/mol. The summed E-state index contributed by atoms with van der Waals surface area (Å²) in [4.78, 5) is 35.7. The smallest absolute Gasteiger partial charge is 0.442 e. The van der Waals surface area contributed by atoms with Crippen molar-refractivity contribution in [2.24, 2.45) is 11.8 Å². The van der Waals surface area contributed by atoms with E-state index in [4.69, 9.17) is 9.15 Å². The first-order valence-corrected chi connectivity index (χ1v) is 15.7. The average Bonchev–Trinajstić information content (AvgIpc) is 3.37.